The highest BCUT2D eigenvalue weighted by atomic mass is 35.5. The van der Waals surface area contributed by atoms with Crippen molar-refractivity contribution in [3.63, 3.8) is 0 Å². The summed E-state index contributed by atoms with van der Waals surface area (Å²) in [5.74, 6) is -2.13. The Kier molecular flexibility index (Phi) is 7.87. The van der Waals surface area contributed by atoms with E-state index < -0.39 is 35.9 Å². The minimum absolute atomic E-state index is 0.00799. The van der Waals surface area contributed by atoms with Crippen LogP contribution in [0, 0.1) is 24.2 Å². The van der Waals surface area contributed by atoms with E-state index in [-0.39, 0.29) is 44.0 Å². The van der Waals surface area contributed by atoms with E-state index in [1.807, 2.05) is 6.07 Å². The van der Waals surface area contributed by atoms with Gasteiger partial charge in [-0.05, 0) is 48.4 Å². The lowest BCUT2D eigenvalue weighted by Gasteiger charge is -2.29. The van der Waals surface area contributed by atoms with Gasteiger partial charge in [0.2, 0.25) is 11.9 Å². The molecular weight excluding hydrogens is 570 g/mol. The molecule has 0 N–H and O–H groups in total. The van der Waals surface area contributed by atoms with Gasteiger partial charge in [-0.2, -0.15) is 18.4 Å². The molecule has 1 aromatic heterocycles. The second-order valence-corrected chi connectivity index (χ2v) is 10.2. The van der Waals surface area contributed by atoms with Crippen molar-refractivity contribution in [3.05, 3.63) is 86.7 Å². The van der Waals surface area contributed by atoms with Crippen molar-refractivity contribution in [2.24, 2.45) is 11.1 Å². The number of hydrogen-bond donors (Lipinski definition) is 0. The second kappa shape index (κ2) is 10.9. The quantitative estimate of drug-likeness (QED) is 0.342. The molecule has 0 aliphatic carbocycles. The van der Waals surface area contributed by atoms with Crippen molar-refractivity contribution in [2.45, 2.75) is 39.0 Å². The maximum atomic E-state index is 14.3. The number of carbonyl (C=O) groups excluding carboxylic acids is 2. The van der Waals surface area contributed by atoms with Crippen molar-refractivity contribution < 1.29 is 27.6 Å². The van der Waals surface area contributed by atoms with Crippen molar-refractivity contribution in [1.29, 1.82) is 5.26 Å². The molecule has 40 heavy (non-hydrogen) atoms. The lowest BCUT2D eigenvalue weighted by molar-refractivity contribution is -0.275. The lowest BCUT2D eigenvalue weighted by Crippen LogP contribution is -2.42. The van der Waals surface area contributed by atoms with Gasteiger partial charge < -0.3 is 4.84 Å². The van der Waals surface area contributed by atoms with Crippen molar-refractivity contribution in [1.82, 2.24) is 9.97 Å². The van der Waals surface area contributed by atoms with Crippen LogP contribution in [-0.4, -0.2) is 33.7 Å². The summed E-state index contributed by atoms with van der Waals surface area (Å²) in [6, 6.07) is 9.68. The number of aromatic nitrogens is 2. The molecule has 1 unspecified atom stereocenters. The molecule has 2 heterocycles. The molecule has 13 heteroatoms. The average molecular weight is 590 g/mol. The first-order valence-electron chi connectivity index (χ1n) is 11.8. The summed E-state index contributed by atoms with van der Waals surface area (Å²) in [6.07, 6.45) is -3.16. The lowest BCUT2D eigenvalue weighted by atomic mass is 9.86. The van der Waals surface area contributed by atoms with Gasteiger partial charge in [-0.1, -0.05) is 48.3 Å². The Balaban J connectivity index is 1.68. The molecule has 0 spiro atoms. The Labute approximate surface area is 237 Å². The molecule has 0 fully saturated rings. The molecule has 1 atom stereocenters. The third-order valence-corrected chi connectivity index (χ3v) is 6.63. The fraction of sp³-hybridized carbons (Fsp3) is 0.259. The van der Waals surface area contributed by atoms with Crippen LogP contribution >= 0.6 is 23.2 Å². The molecule has 1 aliphatic heterocycles. The Bertz CT molecular complexity index is 1550. The van der Waals surface area contributed by atoms with Crippen LogP contribution < -0.4 is 4.90 Å². The fourth-order valence-electron chi connectivity index (χ4n) is 4.09. The van der Waals surface area contributed by atoms with Crippen LogP contribution in [0.1, 0.15) is 52.9 Å². The van der Waals surface area contributed by atoms with E-state index in [0.717, 1.165) is 17.0 Å². The number of anilines is 1. The Hall–Kier alpha value is -4.01. The topological polar surface area (TPSA) is 109 Å². The van der Waals surface area contributed by atoms with Gasteiger partial charge >= 0.3 is 6.18 Å². The molecule has 206 valence electrons. The maximum Gasteiger partial charge on any atom is 0.435 e. The number of nitrogens with zero attached hydrogens (tertiary/aromatic N) is 5. The Morgan fingerprint density at radius 1 is 1.10 bits per heavy atom. The van der Waals surface area contributed by atoms with Gasteiger partial charge in [-0.25, -0.2) is 14.9 Å². The number of nitriles is 1. The van der Waals surface area contributed by atoms with Crippen LogP contribution in [-0.2, 0) is 15.2 Å². The predicted molar refractivity (Wildman–Crippen MR) is 141 cm³/mol. The van der Waals surface area contributed by atoms with Crippen LogP contribution in [0.15, 0.2) is 53.9 Å². The number of halogens is 5. The Morgan fingerprint density at radius 2 is 1.73 bits per heavy atom. The molecule has 3 aromatic rings. The molecular formula is C27H20Cl2F3N5O3. The van der Waals surface area contributed by atoms with Crippen molar-refractivity contribution >= 4 is 46.7 Å². The normalized spacial score (nSPS) is 16.8. The summed E-state index contributed by atoms with van der Waals surface area (Å²) in [6.45, 7) is 4.76. The first kappa shape index (κ1) is 29.0. The van der Waals surface area contributed by atoms with Gasteiger partial charge in [0.05, 0.1) is 23.7 Å². The van der Waals surface area contributed by atoms with E-state index in [0.29, 0.717) is 5.56 Å². The SMILES string of the molecule is Cc1cc(C2=NOC(c3cc(Cl)cc(Cl)c3)(C(F)(F)F)C2)ccc1C(=O)N(C(=O)C(C)C)c1ncc(C#N)cn1. The number of imide groups is 1. The summed E-state index contributed by atoms with van der Waals surface area (Å²) < 4.78 is 43.0. The molecule has 1 aliphatic rings. The van der Waals surface area contributed by atoms with E-state index in [4.69, 9.17) is 33.3 Å². The van der Waals surface area contributed by atoms with Gasteiger partial charge in [-0.3, -0.25) is 9.59 Å². The van der Waals surface area contributed by atoms with Crippen LogP contribution in [0.25, 0.3) is 0 Å². The largest absolute Gasteiger partial charge is 0.435 e. The van der Waals surface area contributed by atoms with Crippen molar-refractivity contribution in [3.8, 4) is 6.07 Å². The number of amides is 2. The van der Waals surface area contributed by atoms with E-state index in [9.17, 15) is 22.8 Å². The molecule has 2 amide bonds. The van der Waals surface area contributed by atoms with Gasteiger partial charge in [0.25, 0.3) is 11.5 Å². The molecule has 0 saturated carbocycles. The highest BCUT2D eigenvalue weighted by molar-refractivity contribution is 6.34. The number of carbonyl (C=O) groups is 2. The average Bonchev–Trinajstić information content (AvgIpc) is 3.36. The summed E-state index contributed by atoms with van der Waals surface area (Å²) in [5, 5.41) is 12.8. The molecule has 2 aromatic carbocycles. The van der Waals surface area contributed by atoms with Crippen LogP contribution in [0.2, 0.25) is 10.0 Å². The summed E-state index contributed by atoms with van der Waals surface area (Å²) in [5.41, 5.74) is -2.25. The zero-order valence-corrected chi connectivity index (χ0v) is 22.8. The minimum Gasteiger partial charge on any atom is -0.374 e. The number of alkyl halides is 3. The minimum atomic E-state index is -4.87. The number of benzene rings is 2. The van der Waals surface area contributed by atoms with Gasteiger partial charge in [-0.15, -0.1) is 0 Å². The van der Waals surface area contributed by atoms with Crippen LogP contribution in [0.3, 0.4) is 0 Å². The van der Waals surface area contributed by atoms with Crippen molar-refractivity contribution in [2.75, 3.05) is 4.90 Å². The third kappa shape index (κ3) is 5.37. The van der Waals surface area contributed by atoms with E-state index >= 15 is 0 Å². The summed E-state index contributed by atoms with van der Waals surface area (Å²) in [7, 11) is 0. The Morgan fingerprint density at radius 3 is 2.25 bits per heavy atom. The molecule has 0 radical (unpaired) electrons. The number of oxime groups is 1. The highest BCUT2D eigenvalue weighted by Gasteiger charge is 2.62. The summed E-state index contributed by atoms with van der Waals surface area (Å²) >= 11 is 11.9. The van der Waals surface area contributed by atoms with E-state index in [1.54, 1.807) is 20.8 Å². The predicted octanol–water partition coefficient (Wildman–Crippen LogP) is 6.38. The first-order chi connectivity index (χ1) is 18.8. The molecule has 0 saturated heterocycles. The smallest absolute Gasteiger partial charge is 0.374 e. The van der Waals surface area contributed by atoms with Gasteiger partial charge in [0.15, 0.2) is 0 Å². The van der Waals surface area contributed by atoms with E-state index in [1.165, 1.54) is 36.7 Å². The fourth-order valence-corrected chi connectivity index (χ4v) is 4.62. The molecule has 8 nitrogen and oxygen atoms in total. The zero-order chi connectivity index (χ0) is 29.4. The number of hydrogen-bond acceptors (Lipinski definition) is 7. The summed E-state index contributed by atoms with van der Waals surface area (Å²) in [4.78, 5) is 40.3. The zero-order valence-electron chi connectivity index (χ0n) is 21.3. The second-order valence-electron chi connectivity index (χ2n) is 9.34. The molecule has 0 bridgehead atoms. The first-order valence-corrected chi connectivity index (χ1v) is 12.5. The maximum absolute atomic E-state index is 14.3. The standard InChI is InChI=1S/C27H20Cl2F3N5O3/c1-14(2)23(38)37(25-34-12-16(11-33)13-35-25)24(39)21-5-4-17(6-15(21)3)22-10-26(40-36-22,27(30,31)32)18-7-19(28)9-20(29)8-18/h4-9,12-14H,10H2,1-3H3. The third-order valence-electron chi connectivity index (χ3n) is 6.19. The number of aryl methyl sites for hydroxylation is 1. The van der Waals surface area contributed by atoms with E-state index in [2.05, 4.69) is 15.1 Å². The number of rotatable bonds is 5. The van der Waals surface area contributed by atoms with Gasteiger partial charge in [0, 0.05) is 33.5 Å². The highest BCUT2D eigenvalue weighted by Crippen LogP contribution is 2.49. The monoisotopic (exact) mass is 589 g/mol. The van der Waals surface area contributed by atoms with Crippen LogP contribution in [0.5, 0.6) is 0 Å². The molecule has 4 rings (SSSR count). The van der Waals surface area contributed by atoms with Crippen LogP contribution in [0.4, 0.5) is 19.1 Å². The van der Waals surface area contributed by atoms with Gasteiger partial charge in [0.1, 0.15) is 6.07 Å².